The molecule has 138 valence electrons. The van der Waals surface area contributed by atoms with E-state index in [4.69, 9.17) is 4.74 Å². The Morgan fingerprint density at radius 2 is 1.92 bits per heavy atom. The SMILES string of the molecule is COc1ccc(CCCCCC(=O)N2CCC[C@H](C(=O)O)[C@@H]2C)cc1. The van der Waals surface area contributed by atoms with E-state index >= 15 is 0 Å². The van der Waals surface area contributed by atoms with E-state index in [1.807, 2.05) is 19.1 Å². The number of ether oxygens (including phenoxy) is 1. The maximum absolute atomic E-state index is 12.4. The summed E-state index contributed by atoms with van der Waals surface area (Å²) in [7, 11) is 1.66. The minimum atomic E-state index is -0.788. The number of likely N-dealkylation sites (tertiary alicyclic amines) is 1. The van der Waals surface area contributed by atoms with Gasteiger partial charge in [0.25, 0.3) is 0 Å². The zero-order chi connectivity index (χ0) is 18.2. The first kappa shape index (κ1) is 19.3. The molecule has 1 aliphatic heterocycles. The first-order valence-corrected chi connectivity index (χ1v) is 9.18. The van der Waals surface area contributed by atoms with E-state index in [1.165, 1.54) is 5.56 Å². The molecule has 2 rings (SSSR count). The van der Waals surface area contributed by atoms with Crippen molar-refractivity contribution in [2.24, 2.45) is 5.92 Å². The minimum Gasteiger partial charge on any atom is -0.497 e. The van der Waals surface area contributed by atoms with Crippen LogP contribution < -0.4 is 4.74 Å². The average Bonchev–Trinajstić information content (AvgIpc) is 2.61. The van der Waals surface area contributed by atoms with E-state index in [9.17, 15) is 14.7 Å². The third kappa shape index (κ3) is 5.48. The highest BCUT2D eigenvalue weighted by molar-refractivity contribution is 5.78. The number of nitrogens with zero attached hydrogens (tertiary/aromatic N) is 1. The van der Waals surface area contributed by atoms with Crippen molar-refractivity contribution < 1.29 is 19.4 Å². The van der Waals surface area contributed by atoms with Gasteiger partial charge in [-0.15, -0.1) is 0 Å². The van der Waals surface area contributed by atoms with Crippen LogP contribution >= 0.6 is 0 Å². The second-order valence-corrected chi connectivity index (χ2v) is 6.82. The summed E-state index contributed by atoms with van der Waals surface area (Å²) >= 11 is 0. The number of carbonyl (C=O) groups excluding carboxylic acids is 1. The maximum atomic E-state index is 12.4. The second-order valence-electron chi connectivity index (χ2n) is 6.82. The number of aliphatic carboxylic acids is 1. The summed E-state index contributed by atoms with van der Waals surface area (Å²) in [6, 6.07) is 7.89. The van der Waals surface area contributed by atoms with Crippen molar-refractivity contribution in [3.05, 3.63) is 29.8 Å². The largest absolute Gasteiger partial charge is 0.497 e. The number of unbranched alkanes of at least 4 members (excludes halogenated alkanes) is 2. The van der Waals surface area contributed by atoms with Crippen molar-refractivity contribution >= 4 is 11.9 Å². The van der Waals surface area contributed by atoms with E-state index < -0.39 is 11.9 Å². The maximum Gasteiger partial charge on any atom is 0.308 e. The van der Waals surface area contributed by atoms with Crippen molar-refractivity contribution in [3.8, 4) is 5.75 Å². The zero-order valence-corrected chi connectivity index (χ0v) is 15.2. The van der Waals surface area contributed by atoms with Gasteiger partial charge in [-0.1, -0.05) is 18.6 Å². The molecule has 5 nitrogen and oxygen atoms in total. The molecule has 0 unspecified atom stereocenters. The molecule has 1 aromatic carbocycles. The quantitative estimate of drug-likeness (QED) is 0.731. The first-order valence-electron chi connectivity index (χ1n) is 9.18. The zero-order valence-electron chi connectivity index (χ0n) is 15.2. The predicted molar refractivity (Wildman–Crippen MR) is 96.7 cm³/mol. The van der Waals surface area contributed by atoms with Crippen molar-refractivity contribution in [2.75, 3.05) is 13.7 Å². The highest BCUT2D eigenvalue weighted by Gasteiger charge is 2.34. The van der Waals surface area contributed by atoms with Crippen LogP contribution in [0.4, 0.5) is 0 Å². The lowest BCUT2D eigenvalue weighted by Crippen LogP contribution is -2.49. The molecule has 1 aliphatic rings. The highest BCUT2D eigenvalue weighted by Crippen LogP contribution is 2.25. The Morgan fingerprint density at radius 1 is 1.20 bits per heavy atom. The average molecular weight is 347 g/mol. The number of amides is 1. The van der Waals surface area contributed by atoms with Crippen LogP contribution in [0.15, 0.2) is 24.3 Å². The lowest BCUT2D eigenvalue weighted by Gasteiger charge is -2.37. The Kier molecular flexibility index (Phi) is 7.29. The lowest BCUT2D eigenvalue weighted by atomic mass is 9.90. The van der Waals surface area contributed by atoms with E-state index in [-0.39, 0.29) is 11.9 Å². The molecule has 1 saturated heterocycles. The molecule has 25 heavy (non-hydrogen) atoms. The standard InChI is InChI=1S/C20H29NO4/c1-15-18(20(23)24)8-6-14-21(15)19(22)9-5-3-4-7-16-10-12-17(25-2)13-11-16/h10-13,15,18H,3-9,14H2,1-2H3,(H,23,24)/t15-,18-/m0/s1. The number of benzene rings is 1. The molecule has 1 heterocycles. The predicted octanol–water partition coefficient (Wildman–Crippen LogP) is 3.51. The van der Waals surface area contributed by atoms with Crippen LogP contribution in [-0.4, -0.2) is 41.6 Å². The van der Waals surface area contributed by atoms with Gasteiger partial charge in [0.1, 0.15) is 5.75 Å². The fourth-order valence-electron chi connectivity index (χ4n) is 3.54. The molecule has 1 amide bonds. The van der Waals surface area contributed by atoms with E-state index in [2.05, 4.69) is 12.1 Å². The number of hydrogen-bond donors (Lipinski definition) is 1. The molecule has 5 heteroatoms. The van der Waals surface area contributed by atoms with Crippen LogP contribution in [0.5, 0.6) is 5.75 Å². The van der Waals surface area contributed by atoms with Gasteiger partial charge in [-0.05, 0) is 56.7 Å². The third-order valence-corrected chi connectivity index (χ3v) is 5.14. The smallest absolute Gasteiger partial charge is 0.308 e. The van der Waals surface area contributed by atoms with Crippen molar-refractivity contribution in [1.29, 1.82) is 0 Å². The van der Waals surface area contributed by atoms with Crippen molar-refractivity contribution in [1.82, 2.24) is 4.90 Å². The van der Waals surface area contributed by atoms with Gasteiger partial charge in [0, 0.05) is 19.0 Å². The van der Waals surface area contributed by atoms with Gasteiger partial charge >= 0.3 is 5.97 Å². The topological polar surface area (TPSA) is 66.8 Å². The molecule has 2 atom stereocenters. The van der Waals surface area contributed by atoms with Crippen molar-refractivity contribution in [3.63, 3.8) is 0 Å². The van der Waals surface area contributed by atoms with Gasteiger partial charge in [0.2, 0.25) is 5.91 Å². The van der Waals surface area contributed by atoms with Gasteiger partial charge < -0.3 is 14.7 Å². The summed E-state index contributed by atoms with van der Waals surface area (Å²) in [5, 5.41) is 9.25. The normalized spacial score (nSPS) is 20.3. The number of aryl methyl sites for hydroxylation is 1. The Balaban J connectivity index is 1.68. The number of rotatable bonds is 8. The highest BCUT2D eigenvalue weighted by atomic mass is 16.5. The number of carboxylic acid groups (broad SMARTS) is 1. The van der Waals surface area contributed by atoms with Crippen molar-refractivity contribution in [2.45, 2.75) is 57.9 Å². The Labute approximate surface area is 150 Å². The molecule has 1 fully saturated rings. The molecule has 0 aliphatic carbocycles. The summed E-state index contributed by atoms with van der Waals surface area (Å²) in [6.45, 7) is 2.55. The number of carbonyl (C=O) groups is 2. The number of methoxy groups -OCH3 is 1. The summed E-state index contributed by atoms with van der Waals surface area (Å²) < 4.78 is 5.15. The van der Waals surface area contributed by atoms with Gasteiger partial charge in [-0.2, -0.15) is 0 Å². The van der Waals surface area contributed by atoms with E-state index in [1.54, 1.807) is 12.0 Å². The molecule has 0 bridgehead atoms. The molecule has 1 N–H and O–H groups in total. The van der Waals surface area contributed by atoms with Gasteiger partial charge in [-0.3, -0.25) is 9.59 Å². The number of carboxylic acids is 1. The number of hydrogen-bond acceptors (Lipinski definition) is 3. The summed E-state index contributed by atoms with van der Waals surface area (Å²) in [4.78, 5) is 25.4. The molecule has 0 aromatic heterocycles. The molecule has 0 radical (unpaired) electrons. The molecule has 0 spiro atoms. The van der Waals surface area contributed by atoms with Crippen LogP contribution in [0.1, 0.15) is 51.0 Å². The summed E-state index contributed by atoms with van der Waals surface area (Å²) in [5.41, 5.74) is 1.28. The molecule has 1 aromatic rings. The van der Waals surface area contributed by atoms with Crippen LogP contribution in [0.25, 0.3) is 0 Å². The van der Waals surface area contributed by atoms with Crippen LogP contribution in [-0.2, 0) is 16.0 Å². The van der Waals surface area contributed by atoms with Gasteiger partial charge in [0.05, 0.1) is 13.0 Å². The Morgan fingerprint density at radius 3 is 2.56 bits per heavy atom. The minimum absolute atomic E-state index is 0.0999. The van der Waals surface area contributed by atoms with Crippen LogP contribution in [0.2, 0.25) is 0 Å². The fourth-order valence-corrected chi connectivity index (χ4v) is 3.54. The summed E-state index contributed by atoms with van der Waals surface area (Å²) in [6.07, 6.45) is 5.87. The second kappa shape index (κ2) is 9.44. The molecule has 0 saturated carbocycles. The Hall–Kier alpha value is -2.04. The summed E-state index contributed by atoms with van der Waals surface area (Å²) in [5.74, 6) is -0.246. The lowest BCUT2D eigenvalue weighted by molar-refractivity contribution is -0.149. The van der Waals surface area contributed by atoms with Crippen LogP contribution in [0, 0.1) is 5.92 Å². The third-order valence-electron chi connectivity index (χ3n) is 5.14. The monoisotopic (exact) mass is 347 g/mol. The van der Waals surface area contributed by atoms with E-state index in [0.29, 0.717) is 19.4 Å². The molecular weight excluding hydrogens is 318 g/mol. The molecular formula is C20H29NO4. The van der Waals surface area contributed by atoms with E-state index in [0.717, 1.165) is 37.9 Å². The first-order chi connectivity index (χ1) is 12.0. The Bertz CT molecular complexity index is 570. The van der Waals surface area contributed by atoms with Gasteiger partial charge in [-0.25, -0.2) is 0 Å². The van der Waals surface area contributed by atoms with Crippen LogP contribution in [0.3, 0.4) is 0 Å². The fraction of sp³-hybridized carbons (Fsp3) is 0.600. The number of piperidine rings is 1. The van der Waals surface area contributed by atoms with Gasteiger partial charge in [0.15, 0.2) is 0 Å².